The first kappa shape index (κ1) is 35.2. The number of hydrogen-bond acceptors (Lipinski definition) is 6. The normalized spacial score (nSPS) is 33.3. The monoisotopic (exact) mass is 642 g/mol. The SMILES string of the molecule is COC(=O)C1CC2(CN1C(=O)C(NC(=O)C(NC(=O)C1CCCCN1C(C)C)C1CCCC(C)C1)C(C)(C)C)C(C)(C)C21CCC1. The van der Waals surface area contributed by atoms with Crippen LogP contribution in [-0.4, -0.2) is 83.9 Å². The van der Waals surface area contributed by atoms with Gasteiger partial charge in [-0.2, -0.15) is 0 Å². The quantitative estimate of drug-likeness (QED) is 0.359. The molecule has 0 aromatic heterocycles. The van der Waals surface area contributed by atoms with Gasteiger partial charge >= 0.3 is 5.97 Å². The summed E-state index contributed by atoms with van der Waals surface area (Å²) in [6.45, 7) is 18.3. The highest BCUT2D eigenvalue weighted by atomic mass is 16.5. The molecular weight excluding hydrogens is 580 g/mol. The summed E-state index contributed by atoms with van der Waals surface area (Å²) in [4.78, 5) is 60.2. The van der Waals surface area contributed by atoms with Crippen LogP contribution >= 0.6 is 0 Å². The maximum Gasteiger partial charge on any atom is 0.328 e. The lowest BCUT2D eigenvalue weighted by Crippen LogP contribution is -2.62. The van der Waals surface area contributed by atoms with Crippen molar-refractivity contribution in [2.75, 3.05) is 20.2 Å². The number of rotatable bonds is 8. The highest BCUT2D eigenvalue weighted by Gasteiger charge is 2.85. The number of fused-ring (bicyclic) bond motifs is 1. The second-order valence-corrected chi connectivity index (χ2v) is 17.5. The Kier molecular flexibility index (Phi) is 9.71. The van der Waals surface area contributed by atoms with E-state index in [4.69, 9.17) is 4.74 Å². The summed E-state index contributed by atoms with van der Waals surface area (Å²) in [7, 11) is 1.39. The molecule has 46 heavy (non-hydrogen) atoms. The van der Waals surface area contributed by atoms with E-state index in [1.165, 1.54) is 13.5 Å². The van der Waals surface area contributed by atoms with Gasteiger partial charge in [0.25, 0.3) is 0 Å². The minimum atomic E-state index is -0.858. The van der Waals surface area contributed by atoms with Crippen LogP contribution in [0.15, 0.2) is 0 Å². The van der Waals surface area contributed by atoms with Crippen LogP contribution in [0.2, 0.25) is 0 Å². The number of esters is 1. The average Bonchev–Trinajstić information content (AvgIpc) is 3.20. The third-order valence-corrected chi connectivity index (χ3v) is 13.5. The predicted molar refractivity (Wildman–Crippen MR) is 179 cm³/mol. The molecule has 0 aromatic carbocycles. The van der Waals surface area contributed by atoms with Gasteiger partial charge in [-0.25, -0.2) is 4.79 Å². The smallest absolute Gasteiger partial charge is 0.328 e. The van der Waals surface area contributed by atoms with Crippen LogP contribution in [0.4, 0.5) is 0 Å². The molecule has 3 saturated carbocycles. The molecule has 5 fully saturated rings. The Morgan fingerprint density at radius 3 is 2.13 bits per heavy atom. The fourth-order valence-corrected chi connectivity index (χ4v) is 10.5. The average molecular weight is 643 g/mol. The fraction of sp³-hybridized carbons (Fsp3) is 0.892. The molecule has 5 aliphatic rings. The molecule has 5 rings (SSSR count). The number of methoxy groups -OCH3 is 1. The molecule has 7 unspecified atom stereocenters. The second-order valence-electron chi connectivity index (χ2n) is 17.5. The van der Waals surface area contributed by atoms with Crippen LogP contribution in [-0.2, 0) is 23.9 Å². The van der Waals surface area contributed by atoms with Gasteiger partial charge in [-0.1, -0.05) is 67.2 Å². The minimum Gasteiger partial charge on any atom is -0.467 e. The van der Waals surface area contributed by atoms with Gasteiger partial charge in [0.1, 0.15) is 18.1 Å². The Morgan fingerprint density at radius 1 is 0.891 bits per heavy atom. The second kappa shape index (κ2) is 12.7. The maximum absolute atomic E-state index is 14.7. The lowest BCUT2D eigenvalue weighted by atomic mass is 9.73. The van der Waals surface area contributed by atoms with Crippen LogP contribution < -0.4 is 10.6 Å². The number of likely N-dealkylation sites (tertiary alicyclic amines) is 2. The maximum atomic E-state index is 14.7. The number of piperidine rings is 1. The lowest BCUT2D eigenvalue weighted by Gasteiger charge is -2.40. The van der Waals surface area contributed by atoms with Crippen molar-refractivity contribution in [1.82, 2.24) is 20.4 Å². The van der Waals surface area contributed by atoms with Gasteiger partial charge in [0.05, 0.1) is 13.2 Å². The third-order valence-electron chi connectivity index (χ3n) is 13.5. The standard InChI is InChI=1S/C37H62N4O5/c1-23(2)40-19-11-10-16-26(40)30(42)38-28(25-15-12-14-24(3)20-25)31(43)39-29(34(4,5)6)32(44)41-22-37(21-27(41)33(45)46-9)35(7,8)36(37)17-13-18-36/h23-29H,10-22H2,1-9H3,(H,38,42)(H,39,43). The lowest BCUT2D eigenvalue weighted by molar-refractivity contribution is -0.153. The number of hydrogen-bond donors (Lipinski definition) is 2. The number of ether oxygens (including phenoxy) is 1. The molecule has 9 heteroatoms. The molecule has 3 amide bonds. The van der Waals surface area contributed by atoms with Crippen LogP contribution in [0, 0.1) is 33.5 Å². The van der Waals surface area contributed by atoms with Crippen molar-refractivity contribution in [2.45, 2.75) is 156 Å². The van der Waals surface area contributed by atoms with Gasteiger partial charge in [-0.05, 0) is 93.4 Å². The summed E-state index contributed by atoms with van der Waals surface area (Å²) in [6, 6.07) is -2.26. The summed E-state index contributed by atoms with van der Waals surface area (Å²) >= 11 is 0. The first-order valence-electron chi connectivity index (χ1n) is 18.3. The van der Waals surface area contributed by atoms with Crippen LogP contribution in [0.5, 0.6) is 0 Å². The van der Waals surface area contributed by atoms with E-state index >= 15 is 0 Å². The first-order valence-corrected chi connectivity index (χ1v) is 18.3. The summed E-state index contributed by atoms with van der Waals surface area (Å²) in [5.41, 5.74) is -0.535. The highest BCUT2D eigenvalue weighted by molar-refractivity contribution is 5.95. The molecule has 9 nitrogen and oxygen atoms in total. The first-order chi connectivity index (χ1) is 21.5. The van der Waals surface area contributed by atoms with E-state index in [1.54, 1.807) is 4.90 Å². The van der Waals surface area contributed by atoms with Crippen LogP contribution in [0.3, 0.4) is 0 Å². The molecule has 2 aliphatic heterocycles. The Labute approximate surface area is 277 Å². The molecule has 0 radical (unpaired) electrons. The molecule has 2 spiro atoms. The summed E-state index contributed by atoms with van der Waals surface area (Å²) in [5, 5.41) is 6.40. The molecule has 0 aromatic rings. The van der Waals surface area contributed by atoms with Gasteiger partial charge in [0.15, 0.2) is 0 Å². The molecule has 3 aliphatic carbocycles. The summed E-state index contributed by atoms with van der Waals surface area (Å²) in [5.74, 6) is -0.522. The van der Waals surface area contributed by atoms with Crippen molar-refractivity contribution in [3.8, 4) is 0 Å². The third kappa shape index (κ3) is 5.78. The number of nitrogens with one attached hydrogen (secondary N) is 2. The van der Waals surface area contributed by atoms with E-state index in [0.717, 1.165) is 64.3 Å². The molecule has 2 saturated heterocycles. The van der Waals surface area contributed by atoms with Crippen molar-refractivity contribution in [1.29, 1.82) is 0 Å². The number of amides is 3. The zero-order chi connectivity index (χ0) is 33.8. The predicted octanol–water partition coefficient (Wildman–Crippen LogP) is 5.06. The van der Waals surface area contributed by atoms with Gasteiger partial charge in [-0.15, -0.1) is 0 Å². The number of carbonyl (C=O) groups is 4. The van der Waals surface area contributed by atoms with E-state index in [1.807, 2.05) is 20.8 Å². The zero-order valence-corrected chi connectivity index (χ0v) is 30.2. The van der Waals surface area contributed by atoms with Gasteiger partial charge in [0.2, 0.25) is 17.7 Å². The zero-order valence-electron chi connectivity index (χ0n) is 30.2. The summed E-state index contributed by atoms with van der Waals surface area (Å²) in [6.07, 6.45) is 10.8. The van der Waals surface area contributed by atoms with Crippen molar-refractivity contribution < 1.29 is 23.9 Å². The molecule has 2 N–H and O–H groups in total. The minimum absolute atomic E-state index is 0.00289. The van der Waals surface area contributed by atoms with E-state index in [0.29, 0.717) is 18.9 Å². The molecule has 260 valence electrons. The van der Waals surface area contributed by atoms with Gasteiger partial charge < -0.3 is 20.3 Å². The van der Waals surface area contributed by atoms with Crippen molar-refractivity contribution in [2.24, 2.45) is 33.5 Å². The molecule has 0 bridgehead atoms. The number of nitrogens with zero attached hydrogens (tertiary/aromatic N) is 2. The molecule has 7 atom stereocenters. The van der Waals surface area contributed by atoms with Gasteiger partial charge in [-0.3, -0.25) is 19.3 Å². The van der Waals surface area contributed by atoms with E-state index < -0.39 is 23.5 Å². The fourth-order valence-electron chi connectivity index (χ4n) is 10.5. The van der Waals surface area contributed by atoms with Gasteiger partial charge in [0, 0.05) is 18.0 Å². The Hall–Kier alpha value is -2.16. The Morgan fingerprint density at radius 2 is 1.59 bits per heavy atom. The van der Waals surface area contributed by atoms with Crippen LogP contribution in [0.25, 0.3) is 0 Å². The molecule has 2 heterocycles. The van der Waals surface area contributed by atoms with E-state index in [9.17, 15) is 19.2 Å². The van der Waals surface area contributed by atoms with E-state index in [2.05, 4.69) is 50.2 Å². The highest BCUT2D eigenvalue weighted by Crippen LogP contribution is 2.88. The Balaban J connectivity index is 1.40. The largest absolute Gasteiger partial charge is 0.467 e. The topological polar surface area (TPSA) is 108 Å². The summed E-state index contributed by atoms with van der Waals surface area (Å²) < 4.78 is 5.25. The Bertz CT molecular complexity index is 1190. The number of carbonyl (C=O) groups excluding carboxylic acids is 4. The van der Waals surface area contributed by atoms with Crippen molar-refractivity contribution in [3.05, 3.63) is 0 Å². The molecular formula is C37H62N4O5. The van der Waals surface area contributed by atoms with E-state index in [-0.39, 0.29) is 57.9 Å². The van der Waals surface area contributed by atoms with Crippen LogP contribution in [0.1, 0.15) is 126 Å². The van der Waals surface area contributed by atoms with Crippen molar-refractivity contribution >= 4 is 23.7 Å². The van der Waals surface area contributed by atoms with Crippen molar-refractivity contribution in [3.63, 3.8) is 0 Å².